The molecule has 1 aromatic heterocycles. The molecule has 1 atom stereocenters. The highest BCUT2D eigenvalue weighted by Gasteiger charge is 2.30. The van der Waals surface area contributed by atoms with Crippen LogP contribution in [0.25, 0.3) is 10.6 Å². The van der Waals surface area contributed by atoms with Crippen LogP contribution in [0.2, 0.25) is 0 Å². The van der Waals surface area contributed by atoms with Crippen molar-refractivity contribution in [1.29, 1.82) is 0 Å². The van der Waals surface area contributed by atoms with E-state index in [0.29, 0.717) is 28.5 Å². The van der Waals surface area contributed by atoms with Crippen LogP contribution in [0.5, 0.6) is 0 Å². The third-order valence-electron chi connectivity index (χ3n) is 3.69. The molecule has 0 spiro atoms. The molecule has 0 aliphatic carbocycles. The number of halogens is 4. The number of alkyl halides is 3. The number of likely N-dealkylation sites (tertiary alicyclic amines) is 1. The van der Waals surface area contributed by atoms with Crippen molar-refractivity contribution in [2.75, 3.05) is 13.1 Å². The molecule has 1 aromatic carbocycles. The minimum absolute atomic E-state index is 0. The Morgan fingerprint density at radius 3 is 2.50 bits per heavy atom. The second kappa shape index (κ2) is 7.08. The molecule has 1 aliphatic heterocycles. The van der Waals surface area contributed by atoms with Gasteiger partial charge in [-0.05, 0) is 18.6 Å². The molecule has 9 heteroatoms. The van der Waals surface area contributed by atoms with Crippen LogP contribution >= 0.6 is 23.7 Å². The average molecular weight is 378 g/mol. The number of aromatic nitrogens is 1. The molecule has 24 heavy (non-hydrogen) atoms. The van der Waals surface area contributed by atoms with Gasteiger partial charge in [-0.1, -0.05) is 12.1 Å². The number of hydrogen-bond acceptors (Lipinski definition) is 4. The van der Waals surface area contributed by atoms with Gasteiger partial charge >= 0.3 is 6.18 Å². The number of benzene rings is 1. The zero-order chi connectivity index (χ0) is 16.6. The number of amides is 1. The fraction of sp³-hybridized carbons (Fsp3) is 0.333. The van der Waals surface area contributed by atoms with E-state index in [-0.39, 0.29) is 24.4 Å². The van der Waals surface area contributed by atoms with E-state index in [4.69, 9.17) is 5.73 Å². The van der Waals surface area contributed by atoms with Crippen molar-refractivity contribution in [3.8, 4) is 10.6 Å². The van der Waals surface area contributed by atoms with Crippen molar-refractivity contribution in [1.82, 2.24) is 9.88 Å². The molecule has 3 rings (SSSR count). The minimum atomic E-state index is -4.36. The first kappa shape index (κ1) is 18.7. The van der Waals surface area contributed by atoms with Gasteiger partial charge < -0.3 is 10.6 Å². The lowest BCUT2D eigenvalue weighted by molar-refractivity contribution is -0.137. The van der Waals surface area contributed by atoms with E-state index in [2.05, 4.69) is 4.98 Å². The van der Waals surface area contributed by atoms with Gasteiger partial charge in [0.25, 0.3) is 5.91 Å². The number of rotatable bonds is 2. The summed E-state index contributed by atoms with van der Waals surface area (Å²) in [6, 6.07) is 4.75. The molecule has 1 saturated heterocycles. The molecular formula is C15H15ClF3N3OS. The van der Waals surface area contributed by atoms with Crippen molar-refractivity contribution < 1.29 is 18.0 Å². The molecule has 1 fully saturated rings. The molecule has 1 unspecified atom stereocenters. The van der Waals surface area contributed by atoms with E-state index in [0.717, 1.165) is 18.6 Å². The molecule has 2 heterocycles. The summed E-state index contributed by atoms with van der Waals surface area (Å²) >= 11 is 1.17. The zero-order valence-electron chi connectivity index (χ0n) is 12.4. The van der Waals surface area contributed by atoms with Gasteiger partial charge in [0.05, 0.1) is 11.8 Å². The number of hydrogen-bond donors (Lipinski definition) is 1. The highest BCUT2D eigenvalue weighted by atomic mass is 35.5. The van der Waals surface area contributed by atoms with Gasteiger partial charge in [0.1, 0.15) is 9.88 Å². The largest absolute Gasteiger partial charge is 0.416 e. The summed E-state index contributed by atoms with van der Waals surface area (Å²) in [7, 11) is 0. The first-order chi connectivity index (χ1) is 10.8. The Kier molecular flexibility index (Phi) is 5.52. The quantitative estimate of drug-likeness (QED) is 0.872. The van der Waals surface area contributed by atoms with Crippen molar-refractivity contribution in [2.24, 2.45) is 5.73 Å². The third kappa shape index (κ3) is 3.88. The smallest absolute Gasteiger partial charge is 0.336 e. The second-order valence-electron chi connectivity index (χ2n) is 5.40. The molecule has 0 bridgehead atoms. The maximum atomic E-state index is 12.6. The summed E-state index contributed by atoms with van der Waals surface area (Å²) in [4.78, 5) is 18.6. The van der Waals surface area contributed by atoms with Crippen LogP contribution in [-0.4, -0.2) is 34.9 Å². The topological polar surface area (TPSA) is 59.2 Å². The summed E-state index contributed by atoms with van der Waals surface area (Å²) < 4.78 is 37.7. The van der Waals surface area contributed by atoms with Crippen LogP contribution in [0.1, 0.15) is 21.7 Å². The van der Waals surface area contributed by atoms with E-state index in [1.165, 1.54) is 29.7 Å². The van der Waals surface area contributed by atoms with Crippen LogP contribution in [0, 0.1) is 0 Å². The van der Waals surface area contributed by atoms with Gasteiger partial charge in [-0.2, -0.15) is 13.2 Å². The van der Waals surface area contributed by atoms with E-state index < -0.39 is 11.7 Å². The predicted molar refractivity (Wildman–Crippen MR) is 88.3 cm³/mol. The van der Waals surface area contributed by atoms with Gasteiger partial charge in [-0.3, -0.25) is 4.79 Å². The Morgan fingerprint density at radius 2 is 1.96 bits per heavy atom. The normalized spacial score (nSPS) is 17.7. The lowest BCUT2D eigenvalue weighted by Crippen LogP contribution is -2.31. The first-order valence-corrected chi connectivity index (χ1v) is 7.84. The number of thiazole rings is 1. The van der Waals surface area contributed by atoms with Gasteiger partial charge in [0, 0.05) is 24.7 Å². The molecule has 1 aliphatic rings. The van der Waals surface area contributed by atoms with Gasteiger partial charge in [-0.25, -0.2) is 4.98 Å². The fourth-order valence-corrected chi connectivity index (χ4v) is 3.33. The summed E-state index contributed by atoms with van der Waals surface area (Å²) in [6.07, 6.45) is -2.13. The number of nitrogens with two attached hydrogens (primary N) is 1. The van der Waals surface area contributed by atoms with Crippen molar-refractivity contribution in [3.63, 3.8) is 0 Å². The second-order valence-corrected chi connectivity index (χ2v) is 6.44. The van der Waals surface area contributed by atoms with E-state index >= 15 is 0 Å². The highest BCUT2D eigenvalue weighted by molar-refractivity contribution is 7.16. The summed E-state index contributed by atoms with van der Waals surface area (Å²) in [5.74, 6) is -0.131. The third-order valence-corrected chi connectivity index (χ3v) is 4.72. The Labute approximate surface area is 146 Å². The Balaban J connectivity index is 0.00000208. The summed E-state index contributed by atoms with van der Waals surface area (Å²) in [6.45, 7) is 1.14. The number of nitrogens with zero attached hydrogens (tertiary/aromatic N) is 2. The summed E-state index contributed by atoms with van der Waals surface area (Å²) in [5.41, 5.74) is 5.64. The molecule has 2 aromatic rings. The van der Waals surface area contributed by atoms with Crippen LogP contribution in [0.15, 0.2) is 30.5 Å². The molecule has 4 nitrogen and oxygen atoms in total. The first-order valence-electron chi connectivity index (χ1n) is 7.03. The Morgan fingerprint density at radius 1 is 1.29 bits per heavy atom. The van der Waals surface area contributed by atoms with E-state index in [1.807, 2.05) is 0 Å². The maximum Gasteiger partial charge on any atom is 0.416 e. The Hall–Kier alpha value is -1.64. The van der Waals surface area contributed by atoms with Gasteiger partial charge in [0.15, 0.2) is 0 Å². The average Bonchev–Trinajstić information content (AvgIpc) is 3.15. The fourth-order valence-electron chi connectivity index (χ4n) is 2.44. The van der Waals surface area contributed by atoms with Crippen LogP contribution < -0.4 is 5.73 Å². The van der Waals surface area contributed by atoms with Crippen molar-refractivity contribution >= 4 is 29.7 Å². The maximum absolute atomic E-state index is 12.6. The molecule has 2 N–H and O–H groups in total. The Bertz CT molecular complexity index is 717. The van der Waals surface area contributed by atoms with Crippen LogP contribution in [-0.2, 0) is 6.18 Å². The van der Waals surface area contributed by atoms with Gasteiger partial charge in [0.2, 0.25) is 0 Å². The minimum Gasteiger partial charge on any atom is -0.336 e. The standard InChI is InChI=1S/C15H14F3N3OS.ClH/c16-15(17,18)10-3-1-9(2-4-10)13-20-7-12(23-13)14(22)21-6-5-11(19)8-21;/h1-4,7,11H,5-6,8,19H2;1H. The van der Waals surface area contributed by atoms with Crippen LogP contribution in [0.3, 0.4) is 0 Å². The molecule has 130 valence electrons. The number of carbonyl (C=O) groups is 1. The lowest BCUT2D eigenvalue weighted by atomic mass is 10.1. The van der Waals surface area contributed by atoms with Crippen molar-refractivity contribution in [2.45, 2.75) is 18.6 Å². The monoisotopic (exact) mass is 377 g/mol. The molecule has 0 saturated carbocycles. The highest BCUT2D eigenvalue weighted by Crippen LogP contribution is 2.32. The van der Waals surface area contributed by atoms with E-state index in [9.17, 15) is 18.0 Å². The molecule has 1 amide bonds. The SMILES string of the molecule is Cl.NC1CCN(C(=O)c2cnc(-c3ccc(C(F)(F)F)cc3)s2)C1. The van der Waals surface area contributed by atoms with Crippen molar-refractivity contribution in [3.05, 3.63) is 40.9 Å². The van der Waals surface area contributed by atoms with Crippen LogP contribution in [0.4, 0.5) is 13.2 Å². The summed E-state index contributed by atoms with van der Waals surface area (Å²) in [5, 5.41) is 0.519. The van der Waals surface area contributed by atoms with Gasteiger partial charge in [-0.15, -0.1) is 23.7 Å². The molecular weight excluding hydrogens is 363 g/mol. The lowest BCUT2D eigenvalue weighted by Gasteiger charge is -2.13. The molecule has 0 radical (unpaired) electrons. The number of carbonyl (C=O) groups excluding carboxylic acids is 1. The zero-order valence-corrected chi connectivity index (χ0v) is 14.0. The van der Waals surface area contributed by atoms with E-state index in [1.54, 1.807) is 4.90 Å². The predicted octanol–water partition coefficient (Wildman–Crippen LogP) is 3.42.